The number of aryl methyl sites for hydroxylation is 1. The molecular formula is C19H23N3O6. The maximum Gasteiger partial charge on any atom is 0.344 e. The molecule has 1 aromatic rings. The van der Waals surface area contributed by atoms with Gasteiger partial charge < -0.3 is 14.8 Å². The molecule has 9 nitrogen and oxygen atoms in total. The number of rotatable bonds is 7. The minimum absolute atomic E-state index is 0.377. The van der Waals surface area contributed by atoms with E-state index in [1.54, 1.807) is 6.92 Å². The molecule has 28 heavy (non-hydrogen) atoms. The number of amides is 4. The number of ether oxygens (including phenoxy) is 2. The molecule has 3 rings (SSSR count). The summed E-state index contributed by atoms with van der Waals surface area (Å²) in [4.78, 5) is 48.5. The molecule has 0 spiro atoms. The Morgan fingerprint density at radius 3 is 2.75 bits per heavy atom. The molecule has 2 aliphatic rings. The number of carbonyl (C=O) groups is 4. The van der Waals surface area contributed by atoms with Crippen LogP contribution in [0.2, 0.25) is 0 Å². The predicted octanol–water partition coefficient (Wildman–Crippen LogP) is 0.683. The van der Waals surface area contributed by atoms with Crippen LogP contribution in [-0.2, 0) is 30.3 Å². The Balaban J connectivity index is 1.51. The Labute approximate surface area is 162 Å². The zero-order valence-electron chi connectivity index (χ0n) is 15.6. The van der Waals surface area contributed by atoms with Crippen LogP contribution in [0, 0.1) is 0 Å². The molecule has 2 atom stereocenters. The van der Waals surface area contributed by atoms with Crippen LogP contribution in [0.25, 0.3) is 0 Å². The summed E-state index contributed by atoms with van der Waals surface area (Å²) in [5, 5.41) is 3.24. The smallest absolute Gasteiger partial charge is 0.344 e. The third-order valence-electron chi connectivity index (χ3n) is 4.79. The van der Waals surface area contributed by atoms with Gasteiger partial charge in [-0.25, -0.2) is 9.59 Å². The first kappa shape index (κ1) is 19.8. The summed E-state index contributed by atoms with van der Waals surface area (Å²) in [5.41, 5.74) is 2.10. The minimum Gasteiger partial charge on any atom is -0.454 e. The average molecular weight is 389 g/mol. The number of imide groups is 1. The highest BCUT2D eigenvalue weighted by Gasteiger charge is 2.48. The molecule has 1 aromatic carbocycles. The van der Waals surface area contributed by atoms with Crippen LogP contribution in [0.15, 0.2) is 30.3 Å². The molecule has 2 heterocycles. The second-order valence-corrected chi connectivity index (χ2v) is 7.03. The predicted molar refractivity (Wildman–Crippen MR) is 96.6 cm³/mol. The number of nitrogens with zero attached hydrogens (tertiary/aromatic N) is 1. The van der Waals surface area contributed by atoms with E-state index in [1.165, 1.54) is 0 Å². The van der Waals surface area contributed by atoms with E-state index in [2.05, 4.69) is 10.7 Å². The number of urea groups is 1. The van der Waals surface area contributed by atoms with Crippen molar-refractivity contribution >= 4 is 23.8 Å². The van der Waals surface area contributed by atoms with E-state index in [9.17, 15) is 19.2 Å². The van der Waals surface area contributed by atoms with Crippen LogP contribution >= 0.6 is 0 Å². The van der Waals surface area contributed by atoms with Gasteiger partial charge in [-0.1, -0.05) is 30.3 Å². The summed E-state index contributed by atoms with van der Waals surface area (Å²) >= 11 is 0. The van der Waals surface area contributed by atoms with Gasteiger partial charge in [0.15, 0.2) is 12.7 Å². The number of esters is 1. The fourth-order valence-corrected chi connectivity index (χ4v) is 3.14. The highest BCUT2D eigenvalue weighted by Crippen LogP contribution is 2.22. The maximum atomic E-state index is 12.6. The second-order valence-electron chi connectivity index (χ2n) is 7.03. The zero-order valence-corrected chi connectivity index (χ0v) is 15.6. The molecule has 0 aliphatic carbocycles. The number of hydrogen-bond acceptors (Lipinski definition) is 6. The number of carbonyl (C=O) groups excluding carboxylic acids is 4. The first-order chi connectivity index (χ1) is 13.4. The monoisotopic (exact) mass is 389 g/mol. The Bertz CT molecular complexity index is 762. The number of hydrogen-bond donors (Lipinski definition) is 2. The Morgan fingerprint density at radius 1 is 1.32 bits per heavy atom. The van der Waals surface area contributed by atoms with Crippen molar-refractivity contribution in [1.82, 2.24) is 15.8 Å². The summed E-state index contributed by atoms with van der Waals surface area (Å²) in [7, 11) is 0. The fraction of sp³-hybridized carbons (Fsp3) is 0.474. The fourth-order valence-electron chi connectivity index (χ4n) is 3.14. The maximum absolute atomic E-state index is 12.6. The standard InChI is InChI=1S/C19H23N3O6/c1-19(10-9-13-6-3-2-4-7-13)17(25)22(18(26)20-19)21-15(23)12-28-16(24)14-8-5-11-27-14/h2-4,6-7,14H,5,8-12H2,1H3,(H,20,26)(H,21,23)/t14-,19+/m1/s1. The second kappa shape index (κ2) is 8.39. The van der Waals surface area contributed by atoms with Gasteiger partial charge in [0.05, 0.1) is 0 Å². The van der Waals surface area contributed by atoms with E-state index >= 15 is 0 Å². The molecule has 2 aliphatic heterocycles. The van der Waals surface area contributed by atoms with Crippen LogP contribution in [0.5, 0.6) is 0 Å². The molecule has 0 aromatic heterocycles. The van der Waals surface area contributed by atoms with Gasteiger partial charge in [-0.2, -0.15) is 5.01 Å². The van der Waals surface area contributed by atoms with Gasteiger partial charge in [-0.15, -0.1) is 0 Å². The van der Waals surface area contributed by atoms with Crippen molar-refractivity contribution in [3.05, 3.63) is 35.9 Å². The van der Waals surface area contributed by atoms with Gasteiger partial charge in [0.1, 0.15) is 5.54 Å². The summed E-state index contributed by atoms with van der Waals surface area (Å²) < 4.78 is 10.1. The first-order valence-electron chi connectivity index (χ1n) is 9.17. The Kier molecular flexibility index (Phi) is 5.93. The lowest BCUT2D eigenvalue weighted by Gasteiger charge is -2.21. The van der Waals surface area contributed by atoms with Crippen LogP contribution in [0.3, 0.4) is 0 Å². The van der Waals surface area contributed by atoms with Gasteiger partial charge in [0.2, 0.25) is 0 Å². The number of benzene rings is 1. The van der Waals surface area contributed by atoms with Crippen molar-refractivity contribution in [2.24, 2.45) is 0 Å². The van der Waals surface area contributed by atoms with E-state index < -0.39 is 42.1 Å². The summed E-state index contributed by atoms with van der Waals surface area (Å²) in [5.74, 6) is -1.97. The van der Waals surface area contributed by atoms with Gasteiger partial charge in [-0.05, 0) is 38.2 Å². The normalized spacial score (nSPS) is 24.2. The zero-order chi connectivity index (χ0) is 20.1. The van der Waals surface area contributed by atoms with E-state index in [4.69, 9.17) is 9.47 Å². The number of nitrogens with one attached hydrogen (secondary N) is 2. The third-order valence-corrected chi connectivity index (χ3v) is 4.79. The summed E-state index contributed by atoms with van der Waals surface area (Å²) in [6, 6.07) is 8.85. The summed E-state index contributed by atoms with van der Waals surface area (Å²) in [6.07, 6.45) is 1.61. The van der Waals surface area contributed by atoms with E-state index in [1.807, 2.05) is 30.3 Å². The molecular weight excluding hydrogens is 366 g/mol. The molecule has 0 unspecified atom stereocenters. The lowest BCUT2D eigenvalue weighted by Crippen LogP contribution is -2.50. The highest BCUT2D eigenvalue weighted by atomic mass is 16.6. The van der Waals surface area contributed by atoms with Gasteiger partial charge in [0.25, 0.3) is 11.8 Å². The van der Waals surface area contributed by atoms with E-state index in [0.29, 0.717) is 30.9 Å². The number of hydrazine groups is 1. The van der Waals surface area contributed by atoms with Crippen molar-refractivity contribution in [1.29, 1.82) is 0 Å². The lowest BCUT2D eigenvalue weighted by atomic mass is 9.93. The quantitative estimate of drug-likeness (QED) is 0.524. The van der Waals surface area contributed by atoms with Gasteiger partial charge in [-0.3, -0.25) is 15.0 Å². The first-order valence-corrected chi connectivity index (χ1v) is 9.17. The van der Waals surface area contributed by atoms with Crippen molar-refractivity contribution in [2.75, 3.05) is 13.2 Å². The van der Waals surface area contributed by atoms with Gasteiger partial charge in [0, 0.05) is 6.61 Å². The van der Waals surface area contributed by atoms with Crippen molar-refractivity contribution in [2.45, 2.75) is 44.2 Å². The summed E-state index contributed by atoms with van der Waals surface area (Å²) in [6.45, 7) is 1.49. The molecule has 2 fully saturated rings. The van der Waals surface area contributed by atoms with Crippen LogP contribution < -0.4 is 10.7 Å². The van der Waals surface area contributed by atoms with Crippen LogP contribution in [0.4, 0.5) is 4.79 Å². The van der Waals surface area contributed by atoms with Crippen molar-refractivity contribution in [3.8, 4) is 0 Å². The SMILES string of the molecule is C[C@@]1(CCc2ccccc2)NC(=O)N(NC(=O)COC(=O)[C@H]2CCCO2)C1=O. The molecule has 9 heteroatoms. The molecule has 2 N–H and O–H groups in total. The average Bonchev–Trinajstić information content (AvgIpc) is 3.29. The van der Waals surface area contributed by atoms with Crippen LogP contribution in [-0.4, -0.2) is 53.7 Å². The highest BCUT2D eigenvalue weighted by molar-refractivity contribution is 6.07. The van der Waals surface area contributed by atoms with Crippen molar-refractivity contribution < 1.29 is 28.7 Å². The molecule has 2 saturated heterocycles. The van der Waals surface area contributed by atoms with Gasteiger partial charge >= 0.3 is 12.0 Å². The van der Waals surface area contributed by atoms with Crippen LogP contribution in [0.1, 0.15) is 31.7 Å². The van der Waals surface area contributed by atoms with E-state index in [0.717, 1.165) is 12.0 Å². The molecule has 150 valence electrons. The van der Waals surface area contributed by atoms with Crippen molar-refractivity contribution in [3.63, 3.8) is 0 Å². The molecule has 0 saturated carbocycles. The largest absolute Gasteiger partial charge is 0.454 e. The lowest BCUT2D eigenvalue weighted by molar-refractivity contribution is -0.158. The van der Waals surface area contributed by atoms with E-state index in [-0.39, 0.29) is 0 Å². The topological polar surface area (TPSA) is 114 Å². The Hall–Kier alpha value is -2.94. The molecule has 0 radical (unpaired) electrons. The third kappa shape index (κ3) is 4.48. The minimum atomic E-state index is -1.13. The molecule has 4 amide bonds. The Morgan fingerprint density at radius 2 is 2.07 bits per heavy atom. The molecule has 0 bridgehead atoms.